The number of nitrogens with one attached hydrogen (secondary N) is 1. The molecule has 1 fully saturated rings. The average molecular weight is 247 g/mol. The topological polar surface area (TPSA) is 68.0 Å². The lowest BCUT2D eigenvalue weighted by Crippen LogP contribution is -2.28. The molecule has 1 saturated carbocycles. The van der Waals surface area contributed by atoms with Crippen molar-refractivity contribution in [3.8, 4) is 0 Å². The van der Waals surface area contributed by atoms with E-state index in [2.05, 4.69) is 17.2 Å². The van der Waals surface area contributed by atoms with Crippen LogP contribution in [0.15, 0.2) is 18.3 Å². The van der Waals surface area contributed by atoms with Gasteiger partial charge in [-0.05, 0) is 30.9 Å². The van der Waals surface area contributed by atoms with E-state index in [9.17, 15) is 4.79 Å². The van der Waals surface area contributed by atoms with E-state index in [1.54, 1.807) is 18.3 Å². The molecule has 3 N–H and O–H groups in total. The van der Waals surface area contributed by atoms with Crippen LogP contribution in [0.4, 0.5) is 5.82 Å². The van der Waals surface area contributed by atoms with Crippen LogP contribution in [0, 0.1) is 5.92 Å². The molecule has 1 heterocycles. The van der Waals surface area contributed by atoms with Gasteiger partial charge in [0.25, 0.3) is 5.91 Å². The van der Waals surface area contributed by atoms with Gasteiger partial charge in [-0.3, -0.25) is 4.79 Å². The third kappa shape index (κ3) is 3.00. The monoisotopic (exact) mass is 247 g/mol. The van der Waals surface area contributed by atoms with E-state index in [1.807, 2.05) is 0 Å². The predicted octanol–water partition coefficient (Wildman–Crippen LogP) is 2.56. The van der Waals surface area contributed by atoms with Gasteiger partial charge in [0.05, 0.1) is 5.56 Å². The van der Waals surface area contributed by atoms with Crippen LogP contribution in [0.5, 0.6) is 0 Å². The standard InChI is InChI=1S/C14H21N3O/c1-2-10-5-3-6-11(9-10)17-14-12(13(15)18)7-4-8-16-14/h4,7-8,10-11H,2-3,5-6,9H2,1H3,(H2,15,18)(H,16,17). The van der Waals surface area contributed by atoms with E-state index in [0.29, 0.717) is 17.4 Å². The molecule has 1 aromatic rings. The summed E-state index contributed by atoms with van der Waals surface area (Å²) in [5.41, 5.74) is 5.84. The first-order chi connectivity index (χ1) is 8.70. The van der Waals surface area contributed by atoms with E-state index in [-0.39, 0.29) is 0 Å². The molecule has 0 aromatic carbocycles. The molecule has 2 rings (SSSR count). The SMILES string of the molecule is CCC1CCCC(Nc2ncccc2C(N)=O)C1. The number of rotatable bonds is 4. The largest absolute Gasteiger partial charge is 0.367 e. The number of pyridine rings is 1. The summed E-state index contributed by atoms with van der Waals surface area (Å²) in [6.45, 7) is 2.24. The van der Waals surface area contributed by atoms with Crippen molar-refractivity contribution >= 4 is 11.7 Å². The second-order valence-electron chi connectivity index (χ2n) is 5.05. The highest BCUT2D eigenvalue weighted by Crippen LogP contribution is 2.28. The van der Waals surface area contributed by atoms with Crippen LogP contribution >= 0.6 is 0 Å². The smallest absolute Gasteiger partial charge is 0.252 e. The van der Waals surface area contributed by atoms with Crippen molar-refractivity contribution in [1.29, 1.82) is 0 Å². The molecule has 1 amide bonds. The predicted molar refractivity (Wildman–Crippen MR) is 72.4 cm³/mol. The van der Waals surface area contributed by atoms with Gasteiger partial charge in [-0.1, -0.05) is 26.2 Å². The Bertz CT molecular complexity index is 419. The second-order valence-corrected chi connectivity index (χ2v) is 5.05. The molecular weight excluding hydrogens is 226 g/mol. The van der Waals surface area contributed by atoms with E-state index in [0.717, 1.165) is 18.8 Å². The van der Waals surface area contributed by atoms with Gasteiger partial charge in [0.2, 0.25) is 0 Å². The summed E-state index contributed by atoms with van der Waals surface area (Å²) in [5, 5.41) is 3.38. The molecule has 18 heavy (non-hydrogen) atoms. The number of nitrogens with zero attached hydrogens (tertiary/aromatic N) is 1. The first-order valence-corrected chi connectivity index (χ1v) is 6.72. The van der Waals surface area contributed by atoms with Gasteiger partial charge in [0.15, 0.2) is 0 Å². The average Bonchev–Trinajstić information content (AvgIpc) is 2.39. The summed E-state index contributed by atoms with van der Waals surface area (Å²) in [7, 11) is 0. The van der Waals surface area contributed by atoms with Gasteiger partial charge in [0.1, 0.15) is 5.82 Å². The Morgan fingerprint density at radius 2 is 2.39 bits per heavy atom. The summed E-state index contributed by atoms with van der Waals surface area (Å²) in [4.78, 5) is 15.6. The van der Waals surface area contributed by atoms with Gasteiger partial charge in [-0.2, -0.15) is 0 Å². The summed E-state index contributed by atoms with van der Waals surface area (Å²) in [5.74, 6) is 0.997. The van der Waals surface area contributed by atoms with Crippen LogP contribution in [-0.4, -0.2) is 16.9 Å². The number of aromatic nitrogens is 1. The highest BCUT2D eigenvalue weighted by atomic mass is 16.1. The van der Waals surface area contributed by atoms with Crippen LogP contribution in [0.1, 0.15) is 49.4 Å². The lowest BCUT2D eigenvalue weighted by atomic mass is 9.84. The Hall–Kier alpha value is -1.58. The maximum atomic E-state index is 11.3. The molecule has 98 valence electrons. The van der Waals surface area contributed by atoms with E-state index < -0.39 is 5.91 Å². The van der Waals surface area contributed by atoms with Crippen molar-refractivity contribution < 1.29 is 4.79 Å². The van der Waals surface area contributed by atoms with E-state index in [1.165, 1.54) is 19.3 Å². The quantitative estimate of drug-likeness (QED) is 0.859. The van der Waals surface area contributed by atoms with Crippen molar-refractivity contribution in [3.05, 3.63) is 23.9 Å². The fraction of sp³-hybridized carbons (Fsp3) is 0.571. The Labute approximate surface area is 108 Å². The van der Waals surface area contributed by atoms with Crippen molar-refractivity contribution in [1.82, 2.24) is 4.98 Å². The molecule has 0 saturated heterocycles. The fourth-order valence-corrected chi connectivity index (χ4v) is 2.71. The lowest BCUT2D eigenvalue weighted by molar-refractivity contribution is 0.100. The highest BCUT2D eigenvalue weighted by Gasteiger charge is 2.22. The van der Waals surface area contributed by atoms with Crippen molar-refractivity contribution in [3.63, 3.8) is 0 Å². The zero-order chi connectivity index (χ0) is 13.0. The minimum Gasteiger partial charge on any atom is -0.367 e. The molecule has 1 aliphatic rings. The lowest BCUT2D eigenvalue weighted by Gasteiger charge is -2.29. The first kappa shape index (κ1) is 12.9. The van der Waals surface area contributed by atoms with Crippen LogP contribution < -0.4 is 11.1 Å². The molecule has 4 heteroatoms. The minimum absolute atomic E-state index is 0.414. The second kappa shape index (κ2) is 5.85. The minimum atomic E-state index is -0.423. The zero-order valence-corrected chi connectivity index (χ0v) is 10.9. The van der Waals surface area contributed by atoms with E-state index in [4.69, 9.17) is 5.73 Å². The number of nitrogens with two attached hydrogens (primary N) is 1. The number of primary amides is 1. The maximum absolute atomic E-state index is 11.3. The molecule has 1 aliphatic carbocycles. The third-order valence-electron chi connectivity index (χ3n) is 3.77. The van der Waals surface area contributed by atoms with Crippen LogP contribution in [0.25, 0.3) is 0 Å². The van der Waals surface area contributed by atoms with Crippen LogP contribution in [-0.2, 0) is 0 Å². The zero-order valence-electron chi connectivity index (χ0n) is 10.9. The summed E-state index contributed by atoms with van der Waals surface area (Å²) in [6, 6.07) is 3.87. The Morgan fingerprint density at radius 3 is 3.11 bits per heavy atom. The van der Waals surface area contributed by atoms with Crippen LogP contribution in [0.3, 0.4) is 0 Å². The molecule has 0 bridgehead atoms. The summed E-state index contributed by atoms with van der Waals surface area (Å²) < 4.78 is 0. The number of carbonyl (C=O) groups is 1. The molecular formula is C14H21N3O. The van der Waals surface area contributed by atoms with Crippen molar-refractivity contribution in [2.75, 3.05) is 5.32 Å². The number of amides is 1. The molecule has 2 unspecified atom stereocenters. The maximum Gasteiger partial charge on any atom is 0.252 e. The molecule has 1 aromatic heterocycles. The van der Waals surface area contributed by atoms with Gasteiger partial charge in [-0.15, -0.1) is 0 Å². The number of anilines is 1. The molecule has 2 atom stereocenters. The normalized spacial score (nSPS) is 23.6. The summed E-state index contributed by atoms with van der Waals surface area (Å²) >= 11 is 0. The Morgan fingerprint density at radius 1 is 1.56 bits per heavy atom. The first-order valence-electron chi connectivity index (χ1n) is 6.72. The van der Waals surface area contributed by atoms with Gasteiger partial charge < -0.3 is 11.1 Å². The Balaban J connectivity index is 2.07. The van der Waals surface area contributed by atoms with Gasteiger partial charge in [-0.25, -0.2) is 4.98 Å². The Kier molecular flexibility index (Phi) is 4.18. The van der Waals surface area contributed by atoms with Crippen molar-refractivity contribution in [2.24, 2.45) is 11.7 Å². The molecule has 4 nitrogen and oxygen atoms in total. The number of carbonyl (C=O) groups excluding carboxylic acids is 1. The van der Waals surface area contributed by atoms with Gasteiger partial charge in [0, 0.05) is 12.2 Å². The van der Waals surface area contributed by atoms with Gasteiger partial charge >= 0.3 is 0 Å². The highest BCUT2D eigenvalue weighted by molar-refractivity contribution is 5.97. The number of hydrogen-bond acceptors (Lipinski definition) is 3. The molecule has 0 spiro atoms. The third-order valence-corrected chi connectivity index (χ3v) is 3.77. The van der Waals surface area contributed by atoms with Crippen LogP contribution in [0.2, 0.25) is 0 Å². The van der Waals surface area contributed by atoms with Crippen molar-refractivity contribution in [2.45, 2.75) is 45.1 Å². The molecule has 0 radical (unpaired) electrons. The molecule has 0 aliphatic heterocycles. The summed E-state index contributed by atoms with van der Waals surface area (Å²) in [6.07, 6.45) is 7.78. The number of hydrogen-bond donors (Lipinski definition) is 2. The fourth-order valence-electron chi connectivity index (χ4n) is 2.71. The van der Waals surface area contributed by atoms with E-state index >= 15 is 0 Å².